The molecule has 0 unspecified atom stereocenters. The SMILES string of the molecule is [NH3+]C1CCN(C(=O)C2CC2)CC1. The lowest BCUT2D eigenvalue weighted by Gasteiger charge is -2.28. The summed E-state index contributed by atoms with van der Waals surface area (Å²) in [5.74, 6) is 0.799. The predicted octanol–water partition coefficient (Wildman–Crippen LogP) is -0.371. The van der Waals surface area contributed by atoms with E-state index in [1.54, 1.807) is 0 Å². The molecule has 0 bridgehead atoms. The van der Waals surface area contributed by atoms with Crippen molar-refractivity contribution in [1.82, 2.24) is 4.90 Å². The van der Waals surface area contributed by atoms with Crippen LogP contribution in [0.15, 0.2) is 0 Å². The van der Waals surface area contributed by atoms with Crippen LogP contribution in [0, 0.1) is 5.92 Å². The van der Waals surface area contributed by atoms with Gasteiger partial charge in [-0.05, 0) is 12.8 Å². The smallest absolute Gasteiger partial charge is 0.225 e. The molecule has 0 atom stereocenters. The Hall–Kier alpha value is -0.570. The Morgan fingerprint density at radius 2 is 1.75 bits per heavy atom. The molecule has 1 aliphatic carbocycles. The highest BCUT2D eigenvalue weighted by molar-refractivity contribution is 5.81. The van der Waals surface area contributed by atoms with E-state index < -0.39 is 0 Å². The Labute approximate surface area is 72.9 Å². The standard InChI is InChI=1S/C9H16N2O/c10-8-3-5-11(6-4-8)9(12)7-1-2-7/h7-8H,1-6,10H2/p+1. The van der Waals surface area contributed by atoms with Gasteiger partial charge in [-0.1, -0.05) is 0 Å². The third-order valence-corrected chi connectivity index (χ3v) is 2.85. The fourth-order valence-corrected chi connectivity index (χ4v) is 1.74. The first-order valence-electron chi connectivity index (χ1n) is 4.89. The molecule has 3 nitrogen and oxygen atoms in total. The van der Waals surface area contributed by atoms with Crippen molar-refractivity contribution in [2.24, 2.45) is 5.92 Å². The molecule has 0 radical (unpaired) electrons. The van der Waals surface area contributed by atoms with Crippen molar-refractivity contribution >= 4 is 5.91 Å². The van der Waals surface area contributed by atoms with Crippen LogP contribution in [-0.2, 0) is 4.79 Å². The van der Waals surface area contributed by atoms with Crippen molar-refractivity contribution in [3.05, 3.63) is 0 Å². The van der Waals surface area contributed by atoms with E-state index in [0.717, 1.165) is 38.8 Å². The highest BCUT2D eigenvalue weighted by Gasteiger charge is 2.34. The third kappa shape index (κ3) is 1.61. The maximum Gasteiger partial charge on any atom is 0.225 e. The lowest BCUT2D eigenvalue weighted by molar-refractivity contribution is -0.425. The zero-order chi connectivity index (χ0) is 8.55. The van der Waals surface area contributed by atoms with Crippen LogP contribution in [-0.4, -0.2) is 29.9 Å². The highest BCUT2D eigenvalue weighted by Crippen LogP contribution is 2.31. The number of likely N-dealkylation sites (tertiary alicyclic amines) is 1. The summed E-state index contributed by atoms with van der Waals surface area (Å²) < 4.78 is 0. The lowest BCUT2D eigenvalue weighted by Crippen LogP contribution is -2.64. The van der Waals surface area contributed by atoms with Gasteiger partial charge in [0.05, 0.1) is 6.04 Å². The van der Waals surface area contributed by atoms with Gasteiger partial charge in [-0.2, -0.15) is 0 Å². The molecule has 1 saturated heterocycles. The van der Waals surface area contributed by atoms with Crippen molar-refractivity contribution < 1.29 is 10.5 Å². The molecule has 1 heterocycles. The summed E-state index contributed by atoms with van der Waals surface area (Å²) in [6.45, 7) is 1.90. The summed E-state index contributed by atoms with van der Waals surface area (Å²) in [5, 5.41) is 0. The average molecular weight is 169 g/mol. The molecule has 12 heavy (non-hydrogen) atoms. The van der Waals surface area contributed by atoms with Crippen LogP contribution in [0.3, 0.4) is 0 Å². The quantitative estimate of drug-likeness (QED) is 0.572. The maximum absolute atomic E-state index is 11.6. The van der Waals surface area contributed by atoms with Gasteiger partial charge in [0.1, 0.15) is 0 Å². The molecule has 68 valence electrons. The fourth-order valence-electron chi connectivity index (χ4n) is 1.74. The first-order chi connectivity index (χ1) is 5.77. The lowest BCUT2D eigenvalue weighted by atomic mass is 10.1. The zero-order valence-corrected chi connectivity index (χ0v) is 7.46. The van der Waals surface area contributed by atoms with Crippen LogP contribution in [0.1, 0.15) is 25.7 Å². The second-order valence-electron chi connectivity index (χ2n) is 4.04. The number of hydrogen-bond donors (Lipinski definition) is 1. The van der Waals surface area contributed by atoms with E-state index in [1.165, 1.54) is 0 Å². The third-order valence-electron chi connectivity index (χ3n) is 2.85. The molecule has 1 saturated carbocycles. The van der Waals surface area contributed by atoms with Gasteiger partial charge in [-0.15, -0.1) is 0 Å². The fraction of sp³-hybridized carbons (Fsp3) is 0.889. The van der Waals surface area contributed by atoms with Gasteiger partial charge in [0, 0.05) is 31.8 Å². The average Bonchev–Trinajstić information content (AvgIpc) is 2.87. The van der Waals surface area contributed by atoms with Gasteiger partial charge < -0.3 is 10.6 Å². The summed E-state index contributed by atoms with van der Waals surface area (Å²) in [5.41, 5.74) is 4.01. The largest absolute Gasteiger partial charge is 0.355 e. The first kappa shape index (κ1) is 8.05. The Balaban J connectivity index is 1.84. The summed E-state index contributed by atoms with van der Waals surface area (Å²) in [6, 6.07) is 0.577. The van der Waals surface area contributed by atoms with E-state index in [9.17, 15) is 4.79 Å². The van der Waals surface area contributed by atoms with Gasteiger partial charge in [-0.3, -0.25) is 4.79 Å². The Kier molecular flexibility index (Phi) is 2.05. The van der Waals surface area contributed by atoms with Gasteiger partial charge in [0.2, 0.25) is 5.91 Å². The van der Waals surface area contributed by atoms with Crippen LogP contribution in [0.2, 0.25) is 0 Å². The number of carbonyl (C=O) groups excluding carboxylic acids is 1. The molecule has 0 spiro atoms. The molecule has 2 rings (SSSR count). The van der Waals surface area contributed by atoms with Crippen molar-refractivity contribution in [2.45, 2.75) is 31.7 Å². The molecule has 2 aliphatic rings. The molecule has 1 amide bonds. The van der Waals surface area contributed by atoms with E-state index in [4.69, 9.17) is 0 Å². The number of nitrogens with zero attached hydrogens (tertiary/aromatic N) is 1. The van der Waals surface area contributed by atoms with Crippen molar-refractivity contribution in [3.63, 3.8) is 0 Å². The molecule has 2 fully saturated rings. The van der Waals surface area contributed by atoms with Crippen LogP contribution >= 0.6 is 0 Å². The number of rotatable bonds is 1. The van der Waals surface area contributed by atoms with E-state index >= 15 is 0 Å². The van der Waals surface area contributed by atoms with Crippen molar-refractivity contribution in [3.8, 4) is 0 Å². The maximum atomic E-state index is 11.6. The van der Waals surface area contributed by atoms with Crippen LogP contribution < -0.4 is 5.73 Å². The predicted molar refractivity (Wildman–Crippen MR) is 45.2 cm³/mol. The normalized spacial score (nSPS) is 25.9. The second-order valence-corrected chi connectivity index (χ2v) is 4.04. The number of quaternary nitrogens is 1. The molecule has 3 N–H and O–H groups in total. The van der Waals surface area contributed by atoms with E-state index in [0.29, 0.717) is 17.9 Å². The Bertz CT molecular complexity index is 181. The molecule has 0 aromatic rings. The van der Waals surface area contributed by atoms with Crippen LogP contribution in [0.5, 0.6) is 0 Å². The van der Waals surface area contributed by atoms with E-state index in [2.05, 4.69) is 5.73 Å². The van der Waals surface area contributed by atoms with Crippen LogP contribution in [0.25, 0.3) is 0 Å². The monoisotopic (exact) mass is 169 g/mol. The number of hydrogen-bond acceptors (Lipinski definition) is 1. The van der Waals surface area contributed by atoms with Gasteiger partial charge in [0.15, 0.2) is 0 Å². The minimum absolute atomic E-state index is 0.395. The molecular formula is C9H17N2O+. The number of carbonyl (C=O) groups is 1. The second kappa shape index (κ2) is 3.05. The summed E-state index contributed by atoms with van der Waals surface area (Å²) in [7, 11) is 0. The summed E-state index contributed by atoms with van der Waals surface area (Å²) in [4.78, 5) is 13.6. The molecular weight excluding hydrogens is 152 g/mol. The zero-order valence-electron chi connectivity index (χ0n) is 7.46. The van der Waals surface area contributed by atoms with Gasteiger partial charge in [0.25, 0.3) is 0 Å². The van der Waals surface area contributed by atoms with E-state index in [-0.39, 0.29) is 0 Å². The van der Waals surface area contributed by atoms with Gasteiger partial charge >= 0.3 is 0 Å². The number of piperidine rings is 1. The minimum Gasteiger partial charge on any atom is -0.355 e. The van der Waals surface area contributed by atoms with Crippen LogP contribution in [0.4, 0.5) is 0 Å². The van der Waals surface area contributed by atoms with Gasteiger partial charge in [-0.25, -0.2) is 0 Å². The highest BCUT2D eigenvalue weighted by atomic mass is 16.2. The Morgan fingerprint density at radius 3 is 2.25 bits per heavy atom. The summed E-state index contributed by atoms with van der Waals surface area (Å²) in [6.07, 6.45) is 4.45. The molecule has 0 aromatic carbocycles. The van der Waals surface area contributed by atoms with E-state index in [1.807, 2.05) is 4.90 Å². The van der Waals surface area contributed by atoms with Crippen molar-refractivity contribution in [2.75, 3.05) is 13.1 Å². The molecule has 1 aliphatic heterocycles. The number of amides is 1. The molecule has 3 heteroatoms. The summed E-state index contributed by atoms with van der Waals surface area (Å²) >= 11 is 0. The molecule has 0 aromatic heterocycles. The minimum atomic E-state index is 0.395. The topological polar surface area (TPSA) is 48.0 Å². The Morgan fingerprint density at radius 1 is 1.17 bits per heavy atom. The first-order valence-corrected chi connectivity index (χ1v) is 4.89. The van der Waals surface area contributed by atoms with Crippen molar-refractivity contribution in [1.29, 1.82) is 0 Å².